The third kappa shape index (κ3) is 3.46. The average molecular weight is 305 g/mol. The van der Waals surface area contributed by atoms with E-state index in [0.29, 0.717) is 11.4 Å². The number of hydrogen-bond acceptors (Lipinski definition) is 4. The first-order valence-corrected chi connectivity index (χ1v) is 6.56. The van der Waals surface area contributed by atoms with E-state index >= 15 is 0 Å². The van der Waals surface area contributed by atoms with Gasteiger partial charge in [-0.1, -0.05) is 0 Å². The number of hydrogen-bond donors (Lipinski definition) is 1. The molecule has 0 atom stereocenters. The fourth-order valence-corrected chi connectivity index (χ4v) is 2.44. The second-order valence-corrected chi connectivity index (χ2v) is 5.15. The summed E-state index contributed by atoms with van der Waals surface area (Å²) in [4.78, 5) is 15.2. The fourth-order valence-electron chi connectivity index (χ4n) is 2.44. The van der Waals surface area contributed by atoms with Gasteiger partial charge in [0, 0.05) is 33.2 Å². The summed E-state index contributed by atoms with van der Waals surface area (Å²) in [5.74, 6) is -0.290. The number of amides is 1. The Morgan fingerprint density at radius 3 is 2.29 bits per heavy atom. The summed E-state index contributed by atoms with van der Waals surface area (Å²) in [6.45, 7) is 1.65. The number of nitrogens with two attached hydrogens (primary N) is 1. The summed E-state index contributed by atoms with van der Waals surface area (Å²) in [6.07, 6.45) is -4.21. The number of alkyl halides is 3. The van der Waals surface area contributed by atoms with Gasteiger partial charge in [-0.05, 0) is 6.92 Å². The molecule has 9 heteroatoms. The molecule has 0 bridgehead atoms. The molecule has 1 aliphatic rings. The molecular formula is C12H18F3N5O. The quantitative estimate of drug-likeness (QED) is 0.870. The monoisotopic (exact) mass is 305 g/mol. The van der Waals surface area contributed by atoms with Gasteiger partial charge < -0.3 is 10.6 Å². The molecule has 2 heterocycles. The Kier molecular flexibility index (Phi) is 4.13. The molecule has 0 spiro atoms. The van der Waals surface area contributed by atoms with Gasteiger partial charge in [0.15, 0.2) is 0 Å². The summed E-state index contributed by atoms with van der Waals surface area (Å²) in [5.41, 5.74) is 7.01. The summed E-state index contributed by atoms with van der Waals surface area (Å²) in [6, 6.07) is 0. The average Bonchev–Trinajstić information content (AvgIpc) is 2.61. The van der Waals surface area contributed by atoms with Crippen molar-refractivity contribution in [2.75, 3.05) is 38.5 Å². The maximum absolute atomic E-state index is 12.4. The second-order valence-electron chi connectivity index (χ2n) is 5.15. The summed E-state index contributed by atoms with van der Waals surface area (Å²) in [7, 11) is 1.62. The molecule has 6 nitrogen and oxygen atoms in total. The molecule has 0 unspecified atom stereocenters. The van der Waals surface area contributed by atoms with E-state index in [1.165, 1.54) is 14.5 Å². The van der Waals surface area contributed by atoms with Crippen molar-refractivity contribution in [3.05, 3.63) is 11.4 Å². The summed E-state index contributed by atoms with van der Waals surface area (Å²) >= 11 is 0. The van der Waals surface area contributed by atoms with Crippen LogP contribution in [0.3, 0.4) is 0 Å². The van der Waals surface area contributed by atoms with Crippen LogP contribution in [-0.2, 0) is 7.05 Å². The van der Waals surface area contributed by atoms with Crippen molar-refractivity contribution in [1.29, 1.82) is 0 Å². The van der Waals surface area contributed by atoms with Crippen LogP contribution >= 0.6 is 0 Å². The largest absolute Gasteiger partial charge is 0.401 e. The van der Waals surface area contributed by atoms with E-state index in [4.69, 9.17) is 5.73 Å². The van der Waals surface area contributed by atoms with Crippen LogP contribution in [0.1, 0.15) is 16.2 Å². The topological polar surface area (TPSA) is 67.4 Å². The van der Waals surface area contributed by atoms with Gasteiger partial charge in [0.1, 0.15) is 5.69 Å². The first-order valence-electron chi connectivity index (χ1n) is 6.56. The normalized spacial score (nSPS) is 17.3. The minimum atomic E-state index is -4.21. The van der Waals surface area contributed by atoms with Gasteiger partial charge in [-0.15, -0.1) is 0 Å². The zero-order chi connectivity index (χ0) is 15.8. The van der Waals surface area contributed by atoms with Crippen molar-refractivity contribution in [2.24, 2.45) is 7.05 Å². The summed E-state index contributed by atoms with van der Waals surface area (Å²) < 4.78 is 38.4. The molecule has 1 saturated heterocycles. The van der Waals surface area contributed by atoms with Crippen molar-refractivity contribution < 1.29 is 18.0 Å². The number of carbonyl (C=O) groups is 1. The van der Waals surface area contributed by atoms with Crippen LogP contribution in [0.15, 0.2) is 0 Å². The maximum Gasteiger partial charge on any atom is 0.401 e. The highest BCUT2D eigenvalue weighted by Crippen LogP contribution is 2.20. The van der Waals surface area contributed by atoms with E-state index < -0.39 is 12.7 Å². The number of anilines is 1. The molecule has 0 radical (unpaired) electrons. The highest BCUT2D eigenvalue weighted by molar-refractivity contribution is 5.98. The Bertz CT molecular complexity index is 532. The number of aromatic nitrogens is 2. The lowest BCUT2D eigenvalue weighted by Crippen LogP contribution is -2.51. The van der Waals surface area contributed by atoms with Crippen LogP contribution in [0.5, 0.6) is 0 Å². The number of aryl methyl sites for hydroxylation is 2. The van der Waals surface area contributed by atoms with E-state index in [1.54, 1.807) is 14.0 Å². The molecule has 0 aliphatic carbocycles. The zero-order valence-corrected chi connectivity index (χ0v) is 11.9. The predicted octanol–water partition coefficient (Wildman–Crippen LogP) is 0.631. The number of carbonyl (C=O) groups excluding carboxylic acids is 1. The van der Waals surface area contributed by atoms with Crippen molar-refractivity contribution >= 4 is 11.6 Å². The molecule has 21 heavy (non-hydrogen) atoms. The van der Waals surface area contributed by atoms with Crippen molar-refractivity contribution in [1.82, 2.24) is 19.6 Å². The lowest BCUT2D eigenvalue weighted by atomic mass is 10.2. The van der Waals surface area contributed by atoms with E-state index in [-0.39, 0.29) is 37.8 Å². The SMILES string of the molecule is Cc1nn(C)c(C(=O)N2CCN(CC(F)(F)F)CC2)c1N. The van der Waals surface area contributed by atoms with Gasteiger partial charge in [0.05, 0.1) is 17.9 Å². The van der Waals surface area contributed by atoms with E-state index in [0.717, 1.165) is 0 Å². The van der Waals surface area contributed by atoms with E-state index in [9.17, 15) is 18.0 Å². The van der Waals surface area contributed by atoms with Crippen LogP contribution < -0.4 is 5.73 Å². The first kappa shape index (κ1) is 15.6. The van der Waals surface area contributed by atoms with Crippen molar-refractivity contribution in [3.63, 3.8) is 0 Å². The van der Waals surface area contributed by atoms with Crippen molar-refractivity contribution in [2.45, 2.75) is 13.1 Å². The lowest BCUT2D eigenvalue weighted by molar-refractivity contribution is -0.148. The molecule has 1 fully saturated rings. The molecule has 1 amide bonds. The van der Waals surface area contributed by atoms with Gasteiger partial charge in [-0.2, -0.15) is 18.3 Å². The van der Waals surface area contributed by atoms with Gasteiger partial charge in [-0.3, -0.25) is 14.4 Å². The Hall–Kier alpha value is -1.77. The lowest BCUT2D eigenvalue weighted by Gasteiger charge is -2.35. The van der Waals surface area contributed by atoms with Crippen LogP contribution in [0, 0.1) is 6.92 Å². The number of nitrogen functional groups attached to an aromatic ring is 1. The Balaban J connectivity index is 2.01. The predicted molar refractivity (Wildman–Crippen MR) is 70.8 cm³/mol. The minimum absolute atomic E-state index is 0.196. The van der Waals surface area contributed by atoms with Gasteiger partial charge in [-0.25, -0.2) is 0 Å². The standard InChI is InChI=1S/C12H18F3N5O/c1-8-9(16)10(18(2)17-8)11(21)20-5-3-19(4-6-20)7-12(13,14)15/h3-7,16H2,1-2H3. The highest BCUT2D eigenvalue weighted by atomic mass is 19.4. The Morgan fingerprint density at radius 1 is 1.29 bits per heavy atom. The van der Waals surface area contributed by atoms with E-state index in [2.05, 4.69) is 5.10 Å². The fraction of sp³-hybridized carbons (Fsp3) is 0.667. The number of piperazine rings is 1. The maximum atomic E-state index is 12.4. The minimum Gasteiger partial charge on any atom is -0.395 e. The third-order valence-electron chi connectivity index (χ3n) is 3.53. The molecule has 0 aromatic carbocycles. The number of rotatable bonds is 2. The summed E-state index contributed by atoms with van der Waals surface area (Å²) in [5, 5.41) is 4.07. The molecule has 2 N–H and O–H groups in total. The highest BCUT2D eigenvalue weighted by Gasteiger charge is 2.33. The van der Waals surface area contributed by atoms with Gasteiger partial charge >= 0.3 is 6.18 Å². The molecule has 118 valence electrons. The first-order chi connectivity index (χ1) is 9.69. The van der Waals surface area contributed by atoms with Crippen LogP contribution in [0.25, 0.3) is 0 Å². The number of nitrogens with zero attached hydrogens (tertiary/aromatic N) is 4. The second kappa shape index (κ2) is 5.55. The Labute approximate surface area is 120 Å². The molecule has 1 aromatic heterocycles. The molecular weight excluding hydrogens is 287 g/mol. The molecule has 2 rings (SSSR count). The molecule has 1 aromatic rings. The van der Waals surface area contributed by atoms with Gasteiger partial charge in [0.25, 0.3) is 5.91 Å². The smallest absolute Gasteiger partial charge is 0.395 e. The zero-order valence-electron chi connectivity index (χ0n) is 11.9. The van der Waals surface area contributed by atoms with Crippen LogP contribution in [0.2, 0.25) is 0 Å². The number of halogens is 3. The van der Waals surface area contributed by atoms with Crippen molar-refractivity contribution in [3.8, 4) is 0 Å². The molecule has 0 saturated carbocycles. The molecule has 1 aliphatic heterocycles. The van der Waals surface area contributed by atoms with Crippen LogP contribution in [0.4, 0.5) is 18.9 Å². The Morgan fingerprint density at radius 2 is 1.86 bits per heavy atom. The third-order valence-corrected chi connectivity index (χ3v) is 3.53. The van der Waals surface area contributed by atoms with Crippen LogP contribution in [-0.4, -0.2) is 64.4 Å². The van der Waals surface area contributed by atoms with Gasteiger partial charge in [0.2, 0.25) is 0 Å². The van der Waals surface area contributed by atoms with E-state index in [1.807, 2.05) is 0 Å².